The number of aliphatic hydroxyl groups excluding tert-OH is 1. The molecule has 4 heteroatoms. The molecule has 0 aliphatic carbocycles. The number of hydrogen-bond donors (Lipinski definition) is 2. The van der Waals surface area contributed by atoms with Gasteiger partial charge in [-0.2, -0.15) is 0 Å². The van der Waals surface area contributed by atoms with Crippen LogP contribution in [0.25, 0.3) is 0 Å². The predicted octanol–water partition coefficient (Wildman–Crippen LogP) is 2.26. The molecule has 0 aliphatic rings. The molecule has 0 rings (SSSR count). The molecule has 82 valence electrons. The van der Waals surface area contributed by atoms with Crippen molar-refractivity contribution in [1.29, 1.82) is 0 Å². The van der Waals surface area contributed by atoms with Crippen LogP contribution in [0.2, 0.25) is 0 Å². The van der Waals surface area contributed by atoms with E-state index in [-0.39, 0.29) is 17.8 Å². The van der Waals surface area contributed by atoms with E-state index in [1.54, 1.807) is 0 Å². The fourth-order valence-electron chi connectivity index (χ4n) is 0.850. The molecule has 3 nitrogen and oxygen atoms in total. The van der Waals surface area contributed by atoms with Gasteiger partial charge >= 0.3 is 5.97 Å². The van der Waals surface area contributed by atoms with E-state index in [2.05, 4.69) is 0 Å². The number of carbonyl (C=O) groups is 1. The molecule has 0 heterocycles. The highest BCUT2D eigenvalue weighted by molar-refractivity contribution is 8.03. The number of aliphatic hydroxyl groups is 1. The second-order valence-corrected chi connectivity index (χ2v) is 5.07. The van der Waals surface area contributed by atoms with Crippen LogP contribution in [0.3, 0.4) is 0 Å². The first kappa shape index (κ1) is 13.5. The highest BCUT2D eigenvalue weighted by Crippen LogP contribution is 2.33. The summed E-state index contributed by atoms with van der Waals surface area (Å²) in [6.07, 6.45) is 0.933. The summed E-state index contributed by atoms with van der Waals surface area (Å²) in [5.41, 5.74) is 0.861. The van der Waals surface area contributed by atoms with E-state index in [0.717, 1.165) is 12.0 Å². The maximum atomic E-state index is 10.6. The zero-order chi connectivity index (χ0) is 11.2. The Labute approximate surface area is 89.2 Å². The molecule has 0 aromatic rings. The summed E-state index contributed by atoms with van der Waals surface area (Å²) in [5.74, 6) is -0.781. The zero-order valence-corrected chi connectivity index (χ0v) is 9.73. The van der Waals surface area contributed by atoms with Crippen molar-refractivity contribution < 1.29 is 15.0 Å². The topological polar surface area (TPSA) is 57.5 Å². The lowest BCUT2D eigenvalue weighted by Gasteiger charge is -2.23. The summed E-state index contributed by atoms with van der Waals surface area (Å²) in [5, 5.41) is 19.3. The van der Waals surface area contributed by atoms with Crippen molar-refractivity contribution in [2.75, 3.05) is 6.61 Å². The van der Waals surface area contributed by atoms with Gasteiger partial charge < -0.3 is 10.2 Å². The average Bonchev–Trinajstić information content (AvgIpc) is 2.13. The molecule has 0 amide bonds. The third kappa shape index (κ3) is 5.29. The molecular formula is C10H18O3S. The van der Waals surface area contributed by atoms with Gasteiger partial charge in [0.25, 0.3) is 0 Å². The largest absolute Gasteiger partial charge is 0.481 e. The molecule has 1 atom stereocenters. The fourth-order valence-corrected chi connectivity index (χ4v) is 1.78. The summed E-state index contributed by atoms with van der Waals surface area (Å²) >= 11 is 1.48. The number of rotatable bonds is 6. The maximum absolute atomic E-state index is 10.6. The molecule has 0 aliphatic heterocycles. The fraction of sp³-hybridized carbons (Fsp3) is 0.700. The average molecular weight is 218 g/mol. The Bertz CT molecular complexity index is 225. The molecule has 0 aromatic heterocycles. The van der Waals surface area contributed by atoms with Crippen LogP contribution in [0.1, 0.15) is 33.6 Å². The first-order valence-corrected chi connectivity index (χ1v) is 5.47. The standard InChI is InChI=1S/C10H18O3S/c1-4-10(3,5-9(12)13)14-7-8(2)6-11/h7,11H,4-6H2,1-3H3,(H,12,13)/b8-7+. The number of aliphatic carboxylic acids is 1. The van der Waals surface area contributed by atoms with E-state index < -0.39 is 5.97 Å². The lowest BCUT2D eigenvalue weighted by molar-refractivity contribution is -0.137. The molecule has 0 saturated carbocycles. The molecule has 0 bridgehead atoms. The van der Waals surface area contributed by atoms with Crippen molar-refractivity contribution in [3.05, 3.63) is 11.0 Å². The highest BCUT2D eigenvalue weighted by atomic mass is 32.2. The summed E-state index contributed by atoms with van der Waals surface area (Å²) in [7, 11) is 0. The van der Waals surface area contributed by atoms with Gasteiger partial charge in [0, 0.05) is 4.75 Å². The van der Waals surface area contributed by atoms with Crippen molar-refractivity contribution >= 4 is 17.7 Å². The van der Waals surface area contributed by atoms with Crippen LogP contribution < -0.4 is 0 Å². The van der Waals surface area contributed by atoms with Gasteiger partial charge in [0.2, 0.25) is 0 Å². The Morgan fingerprint density at radius 1 is 1.57 bits per heavy atom. The molecular weight excluding hydrogens is 200 g/mol. The number of carboxylic acid groups (broad SMARTS) is 1. The van der Waals surface area contributed by atoms with E-state index in [1.165, 1.54) is 11.8 Å². The van der Waals surface area contributed by atoms with Gasteiger partial charge in [0.1, 0.15) is 0 Å². The first-order valence-electron chi connectivity index (χ1n) is 4.59. The van der Waals surface area contributed by atoms with Crippen molar-refractivity contribution in [2.45, 2.75) is 38.4 Å². The SMILES string of the molecule is CCC(C)(CC(=O)O)S/C=C(\C)CO. The Morgan fingerprint density at radius 3 is 2.50 bits per heavy atom. The molecule has 14 heavy (non-hydrogen) atoms. The van der Waals surface area contributed by atoms with Gasteiger partial charge in [-0.3, -0.25) is 4.79 Å². The summed E-state index contributed by atoms with van der Waals surface area (Å²) in [4.78, 5) is 10.6. The summed E-state index contributed by atoms with van der Waals surface area (Å²) in [6, 6.07) is 0. The summed E-state index contributed by atoms with van der Waals surface area (Å²) < 4.78 is -0.276. The lowest BCUT2D eigenvalue weighted by Crippen LogP contribution is -2.22. The van der Waals surface area contributed by atoms with Gasteiger partial charge in [-0.25, -0.2) is 0 Å². The van der Waals surface area contributed by atoms with Crippen LogP contribution in [0.5, 0.6) is 0 Å². The van der Waals surface area contributed by atoms with Gasteiger partial charge in [0.05, 0.1) is 13.0 Å². The van der Waals surface area contributed by atoms with Crippen molar-refractivity contribution in [1.82, 2.24) is 0 Å². The third-order valence-electron chi connectivity index (χ3n) is 2.07. The highest BCUT2D eigenvalue weighted by Gasteiger charge is 2.25. The zero-order valence-electron chi connectivity index (χ0n) is 8.91. The van der Waals surface area contributed by atoms with E-state index >= 15 is 0 Å². The Hall–Kier alpha value is -0.480. The normalized spacial score (nSPS) is 16.4. The van der Waals surface area contributed by atoms with Crippen LogP contribution in [0.15, 0.2) is 11.0 Å². The molecule has 0 fully saturated rings. The summed E-state index contributed by atoms with van der Waals surface area (Å²) in [6.45, 7) is 5.74. The van der Waals surface area contributed by atoms with Crippen molar-refractivity contribution in [3.8, 4) is 0 Å². The van der Waals surface area contributed by atoms with E-state index in [0.29, 0.717) is 0 Å². The quantitative estimate of drug-likeness (QED) is 0.718. The van der Waals surface area contributed by atoms with Crippen molar-refractivity contribution in [3.63, 3.8) is 0 Å². The predicted molar refractivity (Wildman–Crippen MR) is 59.4 cm³/mol. The van der Waals surface area contributed by atoms with E-state index in [9.17, 15) is 4.79 Å². The van der Waals surface area contributed by atoms with Crippen LogP contribution in [-0.2, 0) is 4.79 Å². The molecule has 0 saturated heterocycles. The smallest absolute Gasteiger partial charge is 0.304 e. The van der Waals surface area contributed by atoms with Gasteiger partial charge in [0.15, 0.2) is 0 Å². The van der Waals surface area contributed by atoms with Crippen LogP contribution >= 0.6 is 11.8 Å². The minimum Gasteiger partial charge on any atom is -0.481 e. The number of thioether (sulfide) groups is 1. The Balaban J connectivity index is 4.32. The molecule has 0 aromatic carbocycles. The van der Waals surface area contributed by atoms with Crippen LogP contribution in [0.4, 0.5) is 0 Å². The number of hydrogen-bond acceptors (Lipinski definition) is 3. The minimum absolute atomic E-state index is 0.0276. The maximum Gasteiger partial charge on any atom is 0.304 e. The Morgan fingerprint density at radius 2 is 2.14 bits per heavy atom. The second-order valence-electron chi connectivity index (χ2n) is 3.61. The van der Waals surface area contributed by atoms with Crippen molar-refractivity contribution in [2.24, 2.45) is 0 Å². The second kappa shape index (κ2) is 6.09. The number of carboxylic acids is 1. The molecule has 1 unspecified atom stereocenters. The van der Waals surface area contributed by atoms with E-state index in [1.807, 2.05) is 26.2 Å². The lowest BCUT2D eigenvalue weighted by atomic mass is 10.0. The van der Waals surface area contributed by atoms with E-state index in [4.69, 9.17) is 10.2 Å². The molecule has 0 radical (unpaired) electrons. The van der Waals surface area contributed by atoms with Gasteiger partial charge in [-0.15, -0.1) is 11.8 Å². The monoisotopic (exact) mass is 218 g/mol. The molecule has 0 spiro atoms. The first-order chi connectivity index (χ1) is 6.43. The van der Waals surface area contributed by atoms with Crippen LogP contribution in [0, 0.1) is 0 Å². The Kier molecular flexibility index (Phi) is 5.88. The van der Waals surface area contributed by atoms with Gasteiger partial charge in [-0.1, -0.05) is 6.92 Å². The third-order valence-corrected chi connectivity index (χ3v) is 3.59. The minimum atomic E-state index is -0.781. The van der Waals surface area contributed by atoms with Gasteiger partial charge in [-0.05, 0) is 31.2 Å². The molecule has 2 N–H and O–H groups in total. The van der Waals surface area contributed by atoms with Crippen LogP contribution in [-0.4, -0.2) is 27.5 Å².